The number of carbonyl (C=O) groups excluding carboxylic acids is 2. The molecule has 1 aliphatic rings. The molecular formula is C13H13FO4. The van der Waals surface area contributed by atoms with Crippen LogP contribution in [0.5, 0.6) is 0 Å². The summed E-state index contributed by atoms with van der Waals surface area (Å²) in [7, 11) is 0. The Hall–Kier alpha value is -1.59. The van der Waals surface area contributed by atoms with E-state index in [2.05, 4.69) is 0 Å². The first-order chi connectivity index (χ1) is 8.53. The van der Waals surface area contributed by atoms with Gasteiger partial charge in [-0.3, -0.25) is 9.59 Å². The molecule has 0 spiro atoms. The summed E-state index contributed by atoms with van der Waals surface area (Å²) in [6.07, 6.45) is 0.220. The summed E-state index contributed by atoms with van der Waals surface area (Å²) >= 11 is 0. The number of rotatable bonds is 3. The number of benzene rings is 1. The number of carbonyl (C=O) groups is 2. The van der Waals surface area contributed by atoms with E-state index < -0.39 is 23.0 Å². The van der Waals surface area contributed by atoms with Crippen LogP contribution in [0.4, 0.5) is 4.39 Å². The first kappa shape index (κ1) is 12.9. The number of halogens is 1. The minimum absolute atomic E-state index is 0.0846. The van der Waals surface area contributed by atoms with Crippen LogP contribution in [-0.4, -0.2) is 35.5 Å². The van der Waals surface area contributed by atoms with Gasteiger partial charge < -0.3 is 9.84 Å². The highest BCUT2D eigenvalue weighted by Crippen LogP contribution is 2.23. The maximum Gasteiger partial charge on any atom is 0.234 e. The maximum atomic E-state index is 12.7. The van der Waals surface area contributed by atoms with E-state index in [1.165, 1.54) is 12.1 Å². The van der Waals surface area contributed by atoms with Gasteiger partial charge in [0.25, 0.3) is 0 Å². The third kappa shape index (κ3) is 2.47. The molecule has 0 bridgehead atoms. The van der Waals surface area contributed by atoms with Gasteiger partial charge in [-0.2, -0.15) is 0 Å². The minimum atomic E-state index is -1.65. The van der Waals surface area contributed by atoms with E-state index in [1.54, 1.807) is 0 Å². The third-order valence-electron chi connectivity index (χ3n) is 3.06. The molecule has 1 aromatic carbocycles. The number of aliphatic hydroxyl groups is 1. The molecule has 2 rings (SSSR count). The van der Waals surface area contributed by atoms with Crippen molar-refractivity contribution in [1.29, 1.82) is 0 Å². The number of ether oxygens (including phenoxy) is 1. The Morgan fingerprint density at radius 2 is 1.72 bits per heavy atom. The Kier molecular flexibility index (Phi) is 3.54. The predicted molar refractivity (Wildman–Crippen MR) is 60.7 cm³/mol. The fraction of sp³-hybridized carbons (Fsp3) is 0.385. The lowest BCUT2D eigenvalue weighted by atomic mass is 9.86. The van der Waals surface area contributed by atoms with Crippen LogP contribution in [0.15, 0.2) is 24.3 Å². The van der Waals surface area contributed by atoms with Crippen LogP contribution in [0.3, 0.4) is 0 Å². The monoisotopic (exact) mass is 252 g/mol. The number of hydrogen-bond acceptors (Lipinski definition) is 4. The number of ketones is 2. The second kappa shape index (κ2) is 4.96. The van der Waals surface area contributed by atoms with Crippen LogP contribution in [0.1, 0.15) is 23.2 Å². The van der Waals surface area contributed by atoms with Crippen LogP contribution in [0.25, 0.3) is 0 Å². The van der Waals surface area contributed by atoms with Gasteiger partial charge in [0.05, 0.1) is 0 Å². The van der Waals surface area contributed by atoms with Gasteiger partial charge in [0, 0.05) is 31.6 Å². The van der Waals surface area contributed by atoms with E-state index in [1.807, 2.05) is 0 Å². The third-order valence-corrected chi connectivity index (χ3v) is 3.06. The molecule has 0 unspecified atom stereocenters. The highest BCUT2D eigenvalue weighted by molar-refractivity contribution is 6.46. The Morgan fingerprint density at radius 3 is 2.28 bits per heavy atom. The average Bonchev–Trinajstić information content (AvgIpc) is 2.39. The van der Waals surface area contributed by atoms with Gasteiger partial charge in [0.1, 0.15) is 11.4 Å². The zero-order chi connectivity index (χ0) is 13.2. The Bertz CT molecular complexity index is 460. The van der Waals surface area contributed by atoms with E-state index in [-0.39, 0.29) is 31.6 Å². The average molecular weight is 252 g/mol. The van der Waals surface area contributed by atoms with Crippen LogP contribution in [-0.2, 0) is 9.53 Å². The van der Waals surface area contributed by atoms with E-state index in [0.717, 1.165) is 12.1 Å². The smallest absolute Gasteiger partial charge is 0.234 e. The summed E-state index contributed by atoms with van der Waals surface area (Å²) in [6.45, 7) is 0.498. The van der Waals surface area contributed by atoms with Gasteiger partial charge >= 0.3 is 0 Å². The summed E-state index contributed by atoms with van der Waals surface area (Å²) in [4.78, 5) is 23.8. The van der Waals surface area contributed by atoms with Gasteiger partial charge in [-0.25, -0.2) is 4.39 Å². The van der Waals surface area contributed by atoms with Crippen molar-refractivity contribution in [2.45, 2.75) is 18.4 Å². The van der Waals surface area contributed by atoms with E-state index >= 15 is 0 Å². The molecule has 1 saturated heterocycles. The highest BCUT2D eigenvalue weighted by Gasteiger charge is 2.41. The predicted octanol–water partition coefficient (Wildman–Crippen LogP) is 1.12. The summed E-state index contributed by atoms with van der Waals surface area (Å²) in [5.41, 5.74) is -1.56. The van der Waals surface area contributed by atoms with Crippen LogP contribution >= 0.6 is 0 Å². The maximum absolute atomic E-state index is 12.7. The van der Waals surface area contributed by atoms with Crippen molar-refractivity contribution in [3.8, 4) is 0 Å². The zero-order valence-corrected chi connectivity index (χ0v) is 9.69. The van der Waals surface area contributed by atoms with Crippen LogP contribution < -0.4 is 0 Å². The summed E-state index contributed by atoms with van der Waals surface area (Å²) in [6, 6.07) is 4.68. The lowest BCUT2D eigenvalue weighted by Crippen LogP contribution is -2.47. The van der Waals surface area contributed by atoms with Crippen LogP contribution in [0.2, 0.25) is 0 Å². The molecule has 1 N–H and O–H groups in total. The van der Waals surface area contributed by atoms with Crippen molar-refractivity contribution in [1.82, 2.24) is 0 Å². The summed E-state index contributed by atoms with van der Waals surface area (Å²) in [5.74, 6) is -2.12. The molecule has 0 aromatic heterocycles. The van der Waals surface area contributed by atoms with E-state index in [0.29, 0.717) is 0 Å². The quantitative estimate of drug-likeness (QED) is 0.646. The zero-order valence-electron chi connectivity index (χ0n) is 9.69. The SMILES string of the molecule is O=C(C(=O)C1(O)CCOCC1)c1ccc(F)cc1. The standard InChI is InChI=1S/C13H13FO4/c14-10-3-1-9(2-4-10)11(15)12(16)13(17)5-7-18-8-6-13/h1-4,17H,5-8H2. The molecule has 1 heterocycles. The molecule has 0 radical (unpaired) electrons. The molecule has 0 amide bonds. The lowest BCUT2D eigenvalue weighted by molar-refractivity contribution is -0.141. The molecule has 0 saturated carbocycles. The second-order valence-corrected chi connectivity index (χ2v) is 4.31. The first-order valence-electron chi connectivity index (χ1n) is 5.68. The summed E-state index contributed by atoms with van der Waals surface area (Å²) < 4.78 is 17.8. The van der Waals surface area contributed by atoms with Gasteiger partial charge in [-0.15, -0.1) is 0 Å². The Labute approximate surface area is 103 Å². The van der Waals surface area contributed by atoms with Crippen molar-refractivity contribution in [3.63, 3.8) is 0 Å². The van der Waals surface area contributed by atoms with Crippen molar-refractivity contribution in [3.05, 3.63) is 35.6 Å². The topological polar surface area (TPSA) is 63.6 Å². The molecule has 1 aromatic rings. The van der Waals surface area contributed by atoms with Crippen molar-refractivity contribution < 1.29 is 23.8 Å². The highest BCUT2D eigenvalue weighted by atomic mass is 19.1. The van der Waals surface area contributed by atoms with E-state index in [4.69, 9.17) is 4.74 Å². The van der Waals surface area contributed by atoms with Gasteiger partial charge in [-0.1, -0.05) is 0 Å². The molecule has 1 fully saturated rings. The molecule has 0 atom stereocenters. The van der Waals surface area contributed by atoms with Gasteiger partial charge in [-0.05, 0) is 24.3 Å². The Morgan fingerprint density at radius 1 is 1.17 bits per heavy atom. The number of Topliss-reactive ketones (excluding diaryl/α,β-unsaturated/α-hetero) is 2. The molecule has 0 aliphatic carbocycles. The summed E-state index contributed by atoms with van der Waals surface area (Å²) in [5, 5.41) is 10.1. The molecule has 96 valence electrons. The van der Waals surface area contributed by atoms with Gasteiger partial charge in [0.2, 0.25) is 11.6 Å². The second-order valence-electron chi connectivity index (χ2n) is 4.31. The molecular weight excluding hydrogens is 239 g/mol. The number of hydrogen-bond donors (Lipinski definition) is 1. The fourth-order valence-electron chi connectivity index (χ4n) is 1.88. The van der Waals surface area contributed by atoms with Crippen molar-refractivity contribution >= 4 is 11.6 Å². The molecule has 5 heteroatoms. The van der Waals surface area contributed by atoms with Crippen molar-refractivity contribution in [2.24, 2.45) is 0 Å². The van der Waals surface area contributed by atoms with Gasteiger partial charge in [0.15, 0.2) is 0 Å². The largest absolute Gasteiger partial charge is 0.381 e. The van der Waals surface area contributed by atoms with Crippen LogP contribution in [0, 0.1) is 5.82 Å². The normalized spacial score (nSPS) is 18.3. The van der Waals surface area contributed by atoms with E-state index in [9.17, 15) is 19.1 Å². The molecule has 18 heavy (non-hydrogen) atoms. The molecule has 4 nitrogen and oxygen atoms in total. The lowest BCUT2D eigenvalue weighted by Gasteiger charge is -2.29. The molecule has 1 aliphatic heterocycles. The minimum Gasteiger partial charge on any atom is -0.381 e. The fourth-order valence-corrected chi connectivity index (χ4v) is 1.88. The van der Waals surface area contributed by atoms with Crippen molar-refractivity contribution in [2.75, 3.05) is 13.2 Å². The Balaban J connectivity index is 2.18. The first-order valence-corrected chi connectivity index (χ1v) is 5.68.